The van der Waals surface area contributed by atoms with Crippen molar-refractivity contribution in [3.8, 4) is 0 Å². The quantitative estimate of drug-likeness (QED) is 0.277. The summed E-state index contributed by atoms with van der Waals surface area (Å²) in [7, 11) is 0. The van der Waals surface area contributed by atoms with Crippen molar-refractivity contribution >= 4 is 5.84 Å². The lowest BCUT2D eigenvalue weighted by molar-refractivity contribution is 0.803. The summed E-state index contributed by atoms with van der Waals surface area (Å²) in [5, 5.41) is 3.64. The largest absolute Gasteiger partial charge is 0.382 e. The van der Waals surface area contributed by atoms with Gasteiger partial charge in [-0.05, 0) is 19.1 Å². The van der Waals surface area contributed by atoms with E-state index in [9.17, 15) is 0 Å². The molecule has 0 amide bonds. The van der Waals surface area contributed by atoms with Gasteiger partial charge in [0.2, 0.25) is 0 Å². The molecule has 0 saturated carbocycles. The fraction of sp³-hybridized carbons (Fsp3) is 0.333. The molecule has 0 aliphatic rings. The van der Waals surface area contributed by atoms with Crippen LogP contribution in [0.15, 0.2) is 23.4 Å². The van der Waals surface area contributed by atoms with Crippen LogP contribution in [0.25, 0.3) is 0 Å². The lowest BCUT2D eigenvalue weighted by Gasteiger charge is -2.02. The number of aromatic nitrogens is 1. The average molecular weight is 195 g/mol. The zero-order chi connectivity index (χ0) is 11.0. The van der Waals surface area contributed by atoms with Crippen molar-refractivity contribution in [2.75, 3.05) is 0 Å². The van der Waals surface area contributed by atoms with E-state index in [1.807, 2.05) is 26.8 Å². The molecule has 0 saturated heterocycles. The first kappa shape index (κ1) is 12.4. The third-order valence-electron chi connectivity index (χ3n) is 1.47. The number of pyridine rings is 1. The Kier molecular flexibility index (Phi) is 6.06. The summed E-state index contributed by atoms with van der Waals surface area (Å²) in [4.78, 5) is 4.05. The van der Waals surface area contributed by atoms with Crippen LogP contribution in [0.4, 0.5) is 0 Å². The molecule has 1 aromatic heterocycles. The average Bonchev–Trinajstić information content (AvgIpc) is 2.22. The van der Waals surface area contributed by atoms with E-state index in [2.05, 4.69) is 15.6 Å². The maximum atomic E-state index is 5.57. The molecule has 0 spiro atoms. The van der Waals surface area contributed by atoms with Crippen molar-refractivity contribution in [2.24, 2.45) is 16.7 Å². The molecule has 5 nitrogen and oxygen atoms in total. The topological polar surface area (TPSA) is 89.3 Å². The van der Waals surface area contributed by atoms with Crippen LogP contribution < -0.4 is 17.1 Å². The highest BCUT2D eigenvalue weighted by Crippen LogP contribution is 2.01. The number of hydrogen-bond donors (Lipinski definition) is 3. The molecule has 78 valence electrons. The van der Waals surface area contributed by atoms with Crippen LogP contribution in [0.5, 0.6) is 0 Å². The minimum atomic E-state index is 0.336. The summed E-state index contributed by atoms with van der Waals surface area (Å²) in [6.07, 6.45) is 1.70. The van der Waals surface area contributed by atoms with Gasteiger partial charge in [-0.2, -0.15) is 0 Å². The van der Waals surface area contributed by atoms with Crippen molar-refractivity contribution in [1.29, 1.82) is 0 Å². The molecule has 5 heteroatoms. The van der Waals surface area contributed by atoms with Crippen LogP contribution in [-0.2, 0) is 0 Å². The van der Waals surface area contributed by atoms with E-state index in [0.29, 0.717) is 5.84 Å². The number of aryl methyl sites for hydroxylation is 1. The van der Waals surface area contributed by atoms with Crippen LogP contribution in [0.3, 0.4) is 0 Å². The molecule has 0 atom stereocenters. The summed E-state index contributed by atoms with van der Waals surface area (Å²) >= 11 is 0. The van der Waals surface area contributed by atoms with Crippen molar-refractivity contribution < 1.29 is 0 Å². The van der Waals surface area contributed by atoms with Crippen molar-refractivity contribution in [3.63, 3.8) is 0 Å². The number of nitrogens with two attached hydrogens (primary N) is 2. The van der Waals surface area contributed by atoms with Gasteiger partial charge in [-0.3, -0.25) is 4.98 Å². The van der Waals surface area contributed by atoms with E-state index in [1.165, 1.54) is 0 Å². The lowest BCUT2D eigenvalue weighted by Crippen LogP contribution is -2.23. The van der Waals surface area contributed by atoms with Gasteiger partial charge in [0.05, 0.1) is 0 Å². The predicted molar refractivity (Wildman–Crippen MR) is 58.4 cm³/mol. The van der Waals surface area contributed by atoms with Gasteiger partial charge in [0.15, 0.2) is 5.84 Å². The van der Waals surface area contributed by atoms with Crippen LogP contribution in [0, 0.1) is 6.92 Å². The molecule has 0 unspecified atom stereocenters. The Hall–Kier alpha value is -1.62. The van der Waals surface area contributed by atoms with Gasteiger partial charge in [0.25, 0.3) is 0 Å². The molecule has 14 heavy (non-hydrogen) atoms. The van der Waals surface area contributed by atoms with E-state index in [4.69, 9.17) is 11.6 Å². The maximum absolute atomic E-state index is 5.57. The highest BCUT2D eigenvalue weighted by atomic mass is 15.5. The van der Waals surface area contributed by atoms with Gasteiger partial charge in [-0.15, -0.1) is 5.10 Å². The Morgan fingerprint density at radius 3 is 2.64 bits per heavy atom. The van der Waals surface area contributed by atoms with Crippen LogP contribution in [0.2, 0.25) is 0 Å². The zero-order valence-corrected chi connectivity index (χ0v) is 8.78. The minimum absolute atomic E-state index is 0.336. The number of hydrazine groups is 1. The first-order valence-electron chi connectivity index (χ1n) is 4.46. The fourth-order valence-electron chi connectivity index (χ4n) is 0.885. The van der Waals surface area contributed by atoms with Gasteiger partial charge < -0.3 is 5.73 Å². The van der Waals surface area contributed by atoms with Crippen molar-refractivity contribution in [2.45, 2.75) is 20.8 Å². The van der Waals surface area contributed by atoms with E-state index in [-0.39, 0.29) is 0 Å². The molecule has 0 bridgehead atoms. The molecular weight excluding hydrogens is 178 g/mol. The molecular formula is C9H17N5. The Morgan fingerprint density at radius 1 is 1.50 bits per heavy atom. The van der Waals surface area contributed by atoms with Gasteiger partial charge in [-0.25, -0.2) is 11.4 Å². The summed E-state index contributed by atoms with van der Waals surface area (Å²) in [6.45, 7) is 5.86. The molecule has 1 rings (SSSR count). The smallest absolute Gasteiger partial charge is 0.153 e. The summed E-state index contributed by atoms with van der Waals surface area (Å²) in [5.41, 5.74) is 9.32. The lowest BCUT2D eigenvalue weighted by atomic mass is 10.2. The van der Waals surface area contributed by atoms with Crippen LogP contribution in [-0.4, -0.2) is 10.8 Å². The standard InChI is InChI=1S/C7H11N5.C2H6/c1-5-6(3-2-4-10-5)7(8)11-12-9;1-2/h2-4,12H,9H2,1H3,(H2,8,11);1-2H3. The van der Waals surface area contributed by atoms with Crippen LogP contribution >= 0.6 is 0 Å². The molecule has 0 radical (unpaired) electrons. The number of nitrogens with one attached hydrogen (secondary N) is 1. The third-order valence-corrected chi connectivity index (χ3v) is 1.47. The molecule has 5 N–H and O–H groups in total. The molecule has 0 aromatic carbocycles. The monoisotopic (exact) mass is 195 g/mol. The number of amidine groups is 1. The number of nitrogens with zero attached hydrogens (tertiary/aromatic N) is 2. The third kappa shape index (κ3) is 3.40. The fourth-order valence-corrected chi connectivity index (χ4v) is 0.885. The van der Waals surface area contributed by atoms with Gasteiger partial charge in [-0.1, -0.05) is 13.8 Å². The van der Waals surface area contributed by atoms with Gasteiger partial charge in [0.1, 0.15) is 0 Å². The molecule has 0 fully saturated rings. The molecule has 0 aliphatic heterocycles. The van der Waals surface area contributed by atoms with Crippen LogP contribution in [0.1, 0.15) is 25.1 Å². The summed E-state index contributed by atoms with van der Waals surface area (Å²) in [6, 6.07) is 3.62. The number of hydrazone groups is 1. The normalized spacial score (nSPS) is 10.1. The second kappa shape index (κ2) is 6.85. The van der Waals surface area contributed by atoms with E-state index >= 15 is 0 Å². The predicted octanol–water partition coefficient (Wildman–Crippen LogP) is 0.500. The van der Waals surface area contributed by atoms with E-state index in [1.54, 1.807) is 12.3 Å². The highest BCUT2D eigenvalue weighted by molar-refractivity contribution is 5.98. The summed E-state index contributed by atoms with van der Waals surface area (Å²) < 4.78 is 0. The second-order valence-electron chi connectivity index (χ2n) is 2.26. The van der Waals surface area contributed by atoms with Crippen molar-refractivity contribution in [1.82, 2.24) is 10.5 Å². The molecule has 0 aliphatic carbocycles. The maximum Gasteiger partial charge on any atom is 0.153 e. The summed E-state index contributed by atoms with van der Waals surface area (Å²) in [5.74, 6) is 5.32. The van der Waals surface area contributed by atoms with E-state index < -0.39 is 0 Å². The van der Waals surface area contributed by atoms with Gasteiger partial charge >= 0.3 is 0 Å². The minimum Gasteiger partial charge on any atom is -0.382 e. The Bertz CT molecular complexity index is 295. The van der Waals surface area contributed by atoms with E-state index in [0.717, 1.165) is 11.3 Å². The SMILES string of the molecule is CC.Cc1ncccc1/C(N)=N/NN. The highest BCUT2D eigenvalue weighted by Gasteiger charge is 2.01. The number of rotatable bonds is 2. The number of hydrogen-bond acceptors (Lipinski definition) is 4. The zero-order valence-electron chi connectivity index (χ0n) is 8.78. The van der Waals surface area contributed by atoms with Gasteiger partial charge in [0, 0.05) is 17.5 Å². The second-order valence-corrected chi connectivity index (χ2v) is 2.26. The first-order valence-corrected chi connectivity index (χ1v) is 4.46. The molecule has 1 heterocycles. The Labute approximate surface area is 84.2 Å². The Balaban J connectivity index is 0.000000791. The van der Waals surface area contributed by atoms with Crippen molar-refractivity contribution in [3.05, 3.63) is 29.6 Å². The first-order chi connectivity index (χ1) is 6.75. The Morgan fingerprint density at radius 2 is 2.14 bits per heavy atom. The molecule has 1 aromatic rings.